The summed E-state index contributed by atoms with van der Waals surface area (Å²) in [5, 5.41) is 2.85. The van der Waals surface area contributed by atoms with Crippen LogP contribution in [0, 0.1) is 6.92 Å². The van der Waals surface area contributed by atoms with Gasteiger partial charge >= 0.3 is 0 Å². The molecule has 2 rings (SSSR count). The monoisotopic (exact) mass is 229 g/mol. The summed E-state index contributed by atoms with van der Waals surface area (Å²) in [6.07, 6.45) is 5.95. The fourth-order valence-corrected chi connectivity index (χ4v) is 1.68. The minimum atomic E-state index is -0.0122. The zero-order valence-corrected chi connectivity index (χ0v) is 9.97. The van der Waals surface area contributed by atoms with Gasteiger partial charge in [0.15, 0.2) is 0 Å². The molecule has 0 aliphatic carbocycles. The van der Waals surface area contributed by atoms with Gasteiger partial charge < -0.3 is 9.88 Å². The number of carbonyl (C=O) groups is 1. The number of carbonyl (C=O) groups excluding carboxylic acids is 1. The summed E-state index contributed by atoms with van der Waals surface area (Å²) < 4.78 is 1.93. The molecule has 2 aromatic rings. The molecule has 1 amide bonds. The number of nitrogens with zero attached hydrogens (tertiary/aromatic N) is 2. The van der Waals surface area contributed by atoms with E-state index in [1.54, 1.807) is 12.3 Å². The van der Waals surface area contributed by atoms with Crippen LogP contribution >= 0.6 is 0 Å². The van der Waals surface area contributed by atoms with Crippen molar-refractivity contribution in [2.75, 3.05) is 5.32 Å². The molecule has 4 heteroatoms. The molecule has 88 valence electrons. The Balaban J connectivity index is 1.98. The fourth-order valence-electron chi connectivity index (χ4n) is 1.68. The van der Waals surface area contributed by atoms with Gasteiger partial charge in [-0.2, -0.15) is 0 Å². The van der Waals surface area contributed by atoms with Gasteiger partial charge in [0.1, 0.15) is 0 Å². The van der Waals surface area contributed by atoms with Crippen LogP contribution in [0.2, 0.25) is 0 Å². The molecule has 0 spiro atoms. The van der Waals surface area contributed by atoms with Crippen LogP contribution < -0.4 is 5.32 Å². The molecule has 0 radical (unpaired) electrons. The third-order valence-corrected chi connectivity index (χ3v) is 2.44. The summed E-state index contributed by atoms with van der Waals surface area (Å²) in [5.74, 6) is -0.0122. The average Bonchev–Trinajstić information content (AvgIpc) is 2.63. The van der Waals surface area contributed by atoms with E-state index in [9.17, 15) is 4.79 Å². The van der Waals surface area contributed by atoms with Gasteiger partial charge in [0.2, 0.25) is 5.91 Å². The lowest BCUT2D eigenvalue weighted by molar-refractivity contribution is -0.115. The van der Waals surface area contributed by atoms with Crippen LogP contribution in [0.4, 0.5) is 5.69 Å². The van der Waals surface area contributed by atoms with Gasteiger partial charge in [0, 0.05) is 37.0 Å². The second kappa shape index (κ2) is 4.82. The third kappa shape index (κ3) is 3.17. The van der Waals surface area contributed by atoms with Crippen molar-refractivity contribution in [3.8, 4) is 0 Å². The third-order valence-electron chi connectivity index (χ3n) is 2.44. The van der Waals surface area contributed by atoms with Crippen LogP contribution in [0.15, 0.2) is 36.8 Å². The molecular weight excluding hydrogens is 214 g/mol. The maximum Gasteiger partial charge on any atom is 0.228 e. The summed E-state index contributed by atoms with van der Waals surface area (Å²) in [6, 6.07) is 5.58. The van der Waals surface area contributed by atoms with Crippen molar-refractivity contribution in [3.63, 3.8) is 0 Å². The van der Waals surface area contributed by atoms with Gasteiger partial charge in [-0.1, -0.05) is 0 Å². The van der Waals surface area contributed by atoms with Crippen LogP contribution in [0.5, 0.6) is 0 Å². The molecule has 0 aliphatic rings. The Kier molecular flexibility index (Phi) is 3.23. The van der Waals surface area contributed by atoms with Crippen molar-refractivity contribution in [2.24, 2.45) is 7.05 Å². The largest absolute Gasteiger partial charge is 0.357 e. The van der Waals surface area contributed by atoms with Crippen LogP contribution in [-0.4, -0.2) is 15.5 Å². The van der Waals surface area contributed by atoms with E-state index in [0.717, 1.165) is 16.9 Å². The molecule has 0 saturated carbocycles. The first-order valence-electron chi connectivity index (χ1n) is 5.47. The number of aryl methyl sites for hydroxylation is 2. The number of nitrogens with one attached hydrogen (secondary N) is 1. The lowest BCUT2D eigenvalue weighted by atomic mass is 10.2. The van der Waals surface area contributed by atoms with E-state index in [4.69, 9.17) is 0 Å². The smallest absolute Gasteiger partial charge is 0.228 e. The van der Waals surface area contributed by atoms with Gasteiger partial charge in [-0.05, 0) is 30.7 Å². The number of pyridine rings is 1. The molecule has 0 aromatic carbocycles. The van der Waals surface area contributed by atoms with E-state index in [0.29, 0.717) is 6.42 Å². The van der Waals surface area contributed by atoms with E-state index < -0.39 is 0 Å². The first kappa shape index (κ1) is 11.4. The second-order valence-electron chi connectivity index (χ2n) is 4.10. The van der Waals surface area contributed by atoms with E-state index in [-0.39, 0.29) is 5.91 Å². The standard InChI is InChI=1S/C13H15N3O/c1-10-7-12(3-5-14-10)15-13(17)8-11-4-6-16(2)9-11/h3-7,9H,8H2,1-2H3,(H,14,15,17). The van der Waals surface area contributed by atoms with Gasteiger partial charge in [-0.25, -0.2) is 0 Å². The lowest BCUT2D eigenvalue weighted by Crippen LogP contribution is -2.14. The maximum atomic E-state index is 11.8. The van der Waals surface area contributed by atoms with E-state index >= 15 is 0 Å². The van der Waals surface area contributed by atoms with Crippen molar-refractivity contribution in [1.29, 1.82) is 0 Å². The second-order valence-corrected chi connectivity index (χ2v) is 4.10. The molecule has 0 saturated heterocycles. The molecule has 1 N–H and O–H groups in total. The molecule has 2 aromatic heterocycles. The van der Waals surface area contributed by atoms with E-state index in [1.807, 2.05) is 43.1 Å². The molecule has 2 heterocycles. The maximum absolute atomic E-state index is 11.8. The molecule has 17 heavy (non-hydrogen) atoms. The van der Waals surface area contributed by atoms with Crippen LogP contribution in [-0.2, 0) is 18.3 Å². The Labute approximate surface area is 100 Å². The normalized spacial score (nSPS) is 10.2. The Morgan fingerprint density at radius 1 is 1.47 bits per heavy atom. The van der Waals surface area contributed by atoms with Gasteiger partial charge in [-0.3, -0.25) is 9.78 Å². The Bertz CT molecular complexity index is 531. The summed E-state index contributed by atoms with van der Waals surface area (Å²) >= 11 is 0. The number of hydrogen-bond acceptors (Lipinski definition) is 2. The Morgan fingerprint density at radius 3 is 2.94 bits per heavy atom. The highest BCUT2D eigenvalue weighted by Gasteiger charge is 2.05. The summed E-state index contributed by atoms with van der Waals surface area (Å²) in [4.78, 5) is 15.8. The number of rotatable bonds is 3. The molecule has 0 aliphatic heterocycles. The highest BCUT2D eigenvalue weighted by Crippen LogP contribution is 2.08. The van der Waals surface area contributed by atoms with Crippen LogP contribution in [0.25, 0.3) is 0 Å². The fraction of sp³-hybridized carbons (Fsp3) is 0.231. The van der Waals surface area contributed by atoms with Crippen molar-refractivity contribution >= 4 is 11.6 Å². The van der Waals surface area contributed by atoms with E-state index in [1.165, 1.54) is 0 Å². The van der Waals surface area contributed by atoms with Crippen molar-refractivity contribution in [1.82, 2.24) is 9.55 Å². The van der Waals surface area contributed by atoms with Crippen molar-refractivity contribution in [2.45, 2.75) is 13.3 Å². The van der Waals surface area contributed by atoms with Gasteiger partial charge in [-0.15, -0.1) is 0 Å². The Hall–Kier alpha value is -2.10. The van der Waals surface area contributed by atoms with Crippen molar-refractivity contribution in [3.05, 3.63) is 48.0 Å². The SMILES string of the molecule is Cc1cc(NC(=O)Cc2ccn(C)c2)ccn1. The summed E-state index contributed by atoms with van der Waals surface area (Å²) in [6.45, 7) is 1.90. The minimum Gasteiger partial charge on any atom is -0.357 e. The number of anilines is 1. The number of hydrogen-bond donors (Lipinski definition) is 1. The number of aromatic nitrogens is 2. The van der Waals surface area contributed by atoms with Gasteiger partial charge in [0.05, 0.1) is 6.42 Å². The van der Waals surface area contributed by atoms with Crippen molar-refractivity contribution < 1.29 is 4.79 Å². The highest BCUT2D eigenvalue weighted by molar-refractivity contribution is 5.92. The molecule has 0 unspecified atom stereocenters. The highest BCUT2D eigenvalue weighted by atomic mass is 16.1. The Morgan fingerprint density at radius 2 is 2.29 bits per heavy atom. The predicted octanol–water partition coefficient (Wildman–Crippen LogP) is 1.91. The van der Waals surface area contributed by atoms with Crippen LogP contribution in [0.3, 0.4) is 0 Å². The lowest BCUT2D eigenvalue weighted by Gasteiger charge is -2.04. The quantitative estimate of drug-likeness (QED) is 0.874. The predicted molar refractivity (Wildman–Crippen MR) is 66.7 cm³/mol. The van der Waals surface area contributed by atoms with E-state index in [2.05, 4.69) is 10.3 Å². The average molecular weight is 229 g/mol. The zero-order valence-electron chi connectivity index (χ0n) is 9.97. The first-order valence-corrected chi connectivity index (χ1v) is 5.47. The summed E-state index contributed by atoms with van der Waals surface area (Å²) in [5.41, 5.74) is 2.69. The first-order chi connectivity index (χ1) is 8.13. The topological polar surface area (TPSA) is 46.9 Å². The number of amides is 1. The molecule has 4 nitrogen and oxygen atoms in total. The van der Waals surface area contributed by atoms with Crippen LogP contribution in [0.1, 0.15) is 11.3 Å². The molecular formula is C13H15N3O. The molecule has 0 fully saturated rings. The molecule has 0 bridgehead atoms. The molecule has 0 atom stereocenters. The zero-order chi connectivity index (χ0) is 12.3. The minimum absolute atomic E-state index is 0.0122. The summed E-state index contributed by atoms with van der Waals surface area (Å²) in [7, 11) is 1.94. The van der Waals surface area contributed by atoms with Gasteiger partial charge in [0.25, 0.3) is 0 Å².